The van der Waals surface area contributed by atoms with Crippen LogP contribution in [0.1, 0.15) is 37.0 Å². The molecule has 1 aromatic carbocycles. The van der Waals surface area contributed by atoms with Gasteiger partial charge < -0.3 is 9.47 Å². The van der Waals surface area contributed by atoms with Gasteiger partial charge in [-0.2, -0.15) is 0 Å². The largest absolute Gasteiger partial charge is 0.494 e. The van der Waals surface area contributed by atoms with E-state index in [0.29, 0.717) is 12.2 Å². The molecule has 0 radical (unpaired) electrons. The second-order valence-corrected chi connectivity index (χ2v) is 3.79. The van der Waals surface area contributed by atoms with Gasteiger partial charge in [0.1, 0.15) is 12.4 Å². The summed E-state index contributed by atoms with van der Waals surface area (Å²) in [6.45, 7) is 5.43. The first-order valence-corrected chi connectivity index (χ1v) is 6.11. The van der Waals surface area contributed by atoms with Gasteiger partial charge in [0.25, 0.3) is 0 Å². The fraction of sp³-hybridized carbons (Fsp3) is 0.500. The summed E-state index contributed by atoms with van der Waals surface area (Å²) in [4.78, 5) is 11.6. The minimum Gasteiger partial charge on any atom is -0.494 e. The summed E-state index contributed by atoms with van der Waals surface area (Å²) in [5.74, 6) is 0.818. The molecule has 0 aliphatic carbocycles. The molecule has 17 heavy (non-hydrogen) atoms. The van der Waals surface area contributed by atoms with Crippen LogP contribution in [-0.4, -0.2) is 25.6 Å². The lowest BCUT2D eigenvalue weighted by Crippen LogP contribution is -2.08. The van der Waals surface area contributed by atoms with Crippen LogP contribution in [0.15, 0.2) is 24.3 Å². The smallest absolute Gasteiger partial charge is 0.188 e. The Morgan fingerprint density at radius 2 is 1.88 bits per heavy atom. The number of Topliss-reactive ketones (excluding diaryl/α,β-unsaturated/α-hetero) is 1. The van der Waals surface area contributed by atoms with Crippen LogP contribution in [-0.2, 0) is 4.74 Å². The van der Waals surface area contributed by atoms with Crippen LogP contribution in [0.5, 0.6) is 5.75 Å². The molecule has 1 aromatic rings. The monoisotopic (exact) mass is 236 g/mol. The van der Waals surface area contributed by atoms with Gasteiger partial charge in [-0.3, -0.25) is 4.79 Å². The van der Waals surface area contributed by atoms with E-state index in [1.54, 1.807) is 12.1 Å². The Morgan fingerprint density at radius 1 is 1.18 bits per heavy atom. The molecule has 0 saturated heterocycles. The number of hydrogen-bond donors (Lipinski definition) is 0. The highest BCUT2D eigenvalue weighted by Crippen LogP contribution is 2.13. The number of ether oxygens (including phenoxy) is 2. The number of carbonyl (C=O) groups excluding carboxylic acids is 1. The van der Waals surface area contributed by atoms with E-state index in [4.69, 9.17) is 9.47 Å². The second kappa shape index (κ2) is 7.85. The molecule has 0 aliphatic heterocycles. The fourth-order valence-electron chi connectivity index (χ4n) is 1.35. The molecule has 94 valence electrons. The van der Waals surface area contributed by atoms with Crippen molar-refractivity contribution in [3.63, 3.8) is 0 Å². The third-order valence-corrected chi connectivity index (χ3v) is 2.38. The lowest BCUT2D eigenvalue weighted by Gasteiger charge is -2.06. The fourth-order valence-corrected chi connectivity index (χ4v) is 1.35. The summed E-state index contributed by atoms with van der Waals surface area (Å²) < 4.78 is 10.6. The lowest BCUT2D eigenvalue weighted by molar-refractivity contribution is 0.0783. The molecule has 0 unspecified atom stereocenters. The van der Waals surface area contributed by atoms with Gasteiger partial charge in [0.15, 0.2) is 5.78 Å². The van der Waals surface area contributed by atoms with E-state index in [-0.39, 0.29) is 12.4 Å². The van der Waals surface area contributed by atoms with Crippen LogP contribution in [0, 0.1) is 0 Å². The van der Waals surface area contributed by atoms with E-state index in [1.165, 1.54) is 0 Å². The summed E-state index contributed by atoms with van der Waals surface area (Å²) in [5.41, 5.74) is 0.668. The van der Waals surface area contributed by atoms with Crippen LogP contribution in [0.3, 0.4) is 0 Å². The molecule has 0 spiro atoms. The number of hydrogen-bond acceptors (Lipinski definition) is 3. The van der Waals surface area contributed by atoms with Crippen molar-refractivity contribution in [2.75, 3.05) is 19.8 Å². The summed E-state index contributed by atoms with van der Waals surface area (Å²) >= 11 is 0. The second-order valence-electron chi connectivity index (χ2n) is 3.79. The van der Waals surface area contributed by atoms with Crippen molar-refractivity contribution < 1.29 is 14.3 Å². The highest BCUT2D eigenvalue weighted by atomic mass is 16.5. The topological polar surface area (TPSA) is 35.5 Å². The minimum absolute atomic E-state index is 0.00644. The first-order valence-electron chi connectivity index (χ1n) is 6.11. The molecule has 0 saturated carbocycles. The molecule has 3 heteroatoms. The first-order chi connectivity index (χ1) is 8.27. The molecule has 0 N–H and O–H groups in total. The van der Waals surface area contributed by atoms with Crippen molar-refractivity contribution in [3.8, 4) is 5.75 Å². The molecule has 0 fully saturated rings. The zero-order valence-corrected chi connectivity index (χ0v) is 10.6. The predicted molar refractivity (Wildman–Crippen MR) is 67.7 cm³/mol. The van der Waals surface area contributed by atoms with Gasteiger partial charge in [0.2, 0.25) is 0 Å². The Bertz CT molecular complexity index is 330. The molecule has 0 aromatic heterocycles. The molecule has 3 nitrogen and oxygen atoms in total. The number of ketones is 1. The maximum atomic E-state index is 11.6. The highest BCUT2D eigenvalue weighted by molar-refractivity contribution is 5.97. The van der Waals surface area contributed by atoms with Gasteiger partial charge in [0, 0.05) is 12.2 Å². The van der Waals surface area contributed by atoms with E-state index >= 15 is 0 Å². The molecular formula is C14H20O3. The van der Waals surface area contributed by atoms with Crippen LogP contribution >= 0.6 is 0 Å². The van der Waals surface area contributed by atoms with Gasteiger partial charge in [0.05, 0.1) is 6.61 Å². The number of benzene rings is 1. The van der Waals surface area contributed by atoms with Crippen LogP contribution < -0.4 is 4.74 Å². The van der Waals surface area contributed by atoms with Crippen molar-refractivity contribution in [2.45, 2.75) is 26.7 Å². The van der Waals surface area contributed by atoms with Crippen molar-refractivity contribution in [1.82, 2.24) is 0 Å². The summed E-state index contributed by atoms with van der Waals surface area (Å²) in [6.07, 6.45) is 2.16. The van der Waals surface area contributed by atoms with E-state index in [1.807, 2.05) is 19.1 Å². The third-order valence-electron chi connectivity index (χ3n) is 2.38. The van der Waals surface area contributed by atoms with Crippen LogP contribution in [0.25, 0.3) is 0 Å². The zero-order valence-electron chi connectivity index (χ0n) is 10.6. The summed E-state index contributed by atoms with van der Waals surface area (Å²) in [5, 5.41) is 0. The average molecular weight is 236 g/mol. The lowest BCUT2D eigenvalue weighted by atomic mass is 10.1. The Labute approximate surface area is 103 Å². The third kappa shape index (κ3) is 5.00. The number of rotatable bonds is 8. The molecular weight excluding hydrogens is 216 g/mol. The Kier molecular flexibility index (Phi) is 6.33. The minimum atomic E-state index is 0.00644. The van der Waals surface area contributed by atoms with Crippen molar-refractivity contribution >= 4 is 5.78 Å². The van der Waals surface area contributed by atoms with E-state index in [2.05, 4.69) is 6.92 Å². The van der Waals surface area contributed by atoms with Crippen molar-refractivity contribution in [3.05, 3.63) is 29.8 Å². The summed E-state index contributed by atoms with van der Waals surface area (Å²) in [6, 6.07) is 7.22. The molecule has 0 atom stereocenters. The van der Waals surface area contributed by atoms with Gasteiger partial charge in [-0.15, -0.1) is 0 Å². The number of unbranched alkanes of at least 4 members (excludes halogenated alkanes) is 1. The maximum absolute atomic E-state index is 11.6. The Hall–Kier alpha value is -1.35. The zero-order chi connectivity index (χ0) is 12.5. The van der Waals surface area contributed by atoms with Gasteiger partial charge in [-0.1, -0.05) is 13.3 Å². The van der Waals surface area contributed by atoms with E-state index in [9.17, 15) is 4.79 Å². The maximum Gasteiger partial charge on any atom is 0.188 e. The van der Waals surface area contributed by atoms with E-state index < -0.39 is 0 Å². The molecule has 0 aliphatic rings. The molecule has 0 amide bonds. The van der Waals surface area contributed by atoms with Crippen molar-refractivity contribution in [1.29, 1.82) is 0 Å². The first kappa shape index (κ1) is 13.7. The van der Waals surface area contributed by atoms with E-state index in [0.717, 1.165) is 25.2 Å². The van der Waals surface area contributed by atoms with Gasteiger partial charge >= 0.3 is 0 Å². The Morgan fingerprint density at radius 3 is 2.47 bits per heavy atom. The van der Waals surface area contributed by atoms with Crippen LogP contribution in [0.4, 0.5) is 0 Å². The van der Waals surface area contributed by atoms with Crippen molar-refractivity contribution in [2.24, 2.45) is 0 Å². The standard InChI is InChI=1S/C14H20O3/c1-3-5-10-17-13-8-6-12(7-9-13)14(15)11-16-4-2/h6-9H,3-5,10-11H2,1-2H3. The Balaban J connectivity index is 2.46. The number of carbonyl (C=O) groups is 1. The average Bonchev–Trinajstić information content (AvgIpc) is 2.37. The molecule has 0 heterocycles. The predicted octanol–water partition coefficient (Wildman–Crippen LogP) is 3.08. The molecule has 1 rings (SSSR count). The SMILES string of the molecule is CCCCOc1ccc(C(=O)COCC)cc1. The van der Waals surface area contributed by atoms with Gasteiger partial charge in [-0.25, -0.2) is 0 Å². The normalized spacial score (nSPS) is 10.2. The summed E-state index contributed by atoms with van der Waals surface area (Å²) in [7, 11) is 0. The molecule has 0 bridgehead atoms. The van der Waals surface area contributed by atoms with Gasteiger partial charge in [-0.05, 0) is 37.6 Å². The highest BCUT2D eigenvalue weighted by Gasteiger charge is 2.05. The van der Waals surface area contributed by atoms with Crippen LogP contribution in [0.2, 0.25) is 0 Å². The quantitative estimate of drug-likeness (QED) is 0.514.